The third-order valence-electron chi connectivity index (χ3n) is 4.74. The molecule has 0 saturated heterocycles. The maximum absolute atomic E-state index is 14.1. The number of nitrogens with two attached hydrogens (primary N) is 1. The fourth-order valence-electron chi connectivity index (χ4n) is 2.74. The molecule has 0 aliphatic carbocycles. The molecule has 18 heteroatoms. The van der Waals surface area contributed by atoms with Crippen molar-refractivity contribution in [3.63, 3.8) is 0 Å². The van der Waals surface area contributed by atoms with Gasteiger partial charge >= 0.3 is 36.1 Å². The number of ether oxygens (including phenoxy) is 1. The molecule has 0 unspecified atom stereocenters. The van der Waals surface area contributed by atoms with Gasteiger partial charge in [-0.05, 0) is 44.2 Å². The van der Waals surface area contributed by atoms with Crippen molar-refractivity contribution in [2.45, 2.75) is 45.1 Å². The van der Waals surface area contributed by atoms with E-state index >= 15 is 0 Å². The Morgan fingerprint density at radius 2 is 1.68 bits per heavy atom. The summed E-state index contributed by atoms with van der Waals surface area (Å²) in [6.07, 6.45) is -5.87. The maximum atomic E-state index is 14.1. The highest BCUT2D eigenvalue weighted by Gasteiger charge is 2.38. The molecule has 2 amide bonds. The molecule has 0 fully saturated rings. The minimum absolute atomic E-state index is 0.00251. The van der Waals surface area contributed by atoms with Crippen LogP contribution in [0.4, 0.5) is 22.4 Å². The van der Waals surface area contributed by atoms with E-state index in [1.807, 2.05) is 0 Å². The summed E-state index contributed by atoms with van der Waals surface area (Å²) in [5.74, 6) is -8.00. The van der Waals surface area contributed by atoms with Crippen molar-refractivity contribution >= 4 is 47.1 Å². The van der Waals surface area contributed by atoms with E-state index in [1.54, 1.807) is 19.9 Å². The van der Waals surface area contributed by atoms with Crippen molar-refractivity contribution < 1.29 is 61.6 Å². The van der Waals surface area contributed by atoms with Crippen LogP contribution in [0.1, 0.15) is 40.4 Å². The SMILES string of the molecule is CC(C)N(Cc1ccc(C(=O)Oc2ccc(C(=N)N)cc2F)s1)C(=O)N[C@@H](CC(=O)O)C(=O)O.O=C(O)C(F)(F)F. The third kappa shape index (κ3) is 11.1. The number of aliphatic carboxylic acids is 3. The minimum Gasteiger partial charge on any atom is -0.481 e. The Morgan fingerprint density at radius 3 is 2.12 bits per heavy atom. The van der Waals surface area contributed by atoms with Crippen molar-refractivity contribution in [1.82, 2.24) is 10.2 Å². The largest absolute Gasteiger partial charge is 0.490 e. The van der Waals surface area contributed by atoms with Crippen LogP contribution in [0.5, 0.6) is 5.75 Å². The number of carboxylic acid groups (broad SMARTS) is 3. The Bertz CT molecular complexity index is 1310. The molecule has 0 saturated carbocycles. The van der Waals surface area contributed by atoms with Gasteiger partial charge < -0.3 is 36.0 Å². The van der Waals surface area contributed by atoms with Crippen LogP contribution in [0, 0.1) is 11.2 Å². The van der Waals surface area contributed by atoms with Crippen LogP contribution in [0.25, 0.3) is 0 Å². The summed E-state index contributed by atoms with van der Waals surface area (Å²) in [7, 11) is 0. The number of thiophene rings is 1. The van der Waals surface area contributed by atoms with Gasteiger partial charge in [-0.1, -0.05) is 0 Å². The Labute approximate surface area is 232 Å². The highest BCUT2D eigenvalue weighted by Crippen LogP contribution is 2.24. The standard InChI is InChI=1S/C21H23FN4O7S.C2HF3O2/c1-10(2)26(21(32)25-14(19(29)30)8-17(27)28)9-12-4-6-16(34-12)20(31)33-15-5-3-11(18(23)24)7-13(15)22;3-2(4,5)1(6)7/h3-7,10,14H,8-9H2,1-2H3,(H3,23,24)(H,25,32)(H,27,28)(H,29,30);(H,6,7)/t14-;/m0./s1. The summed E-state index contributed by atoms with van der Waals surface area (Å²) in [5.41, 5.74) is 5.43. The monoisotopic (exact) mass is 608 g/mol. The molecule has 0 spiro atoms. The van der Waals surface area contributed by atoms with Gasteiger partial charge in [-0.15, -0.1) is 11.3 Å². The number of amidine groups is 1. The number of halogens is 4. The molecule has 0 aliphatic rings. The Hall–Kier alpha value is -4.74. The number of carboxylic acids is 3. The van der Waals surface area contributed by atoms with Crippen molar-refractivity contribution in [2.24, 2.45) is 5.73 Å². The lowest BCUT2D eigenvalue weighted by atomic mass is 10.2. The summed E-state index contributed by atoms with van der Waals surface area (Å²) in [6.45, 7) is 3.37. The van der Waals surface area contributed by atoms with E-state index in [0.29, 0.717) is 4.88 Å². The highest BCUT2D eigenvalue weighted by atomic mass is 32.1. The van der Waals surface area contributed by atoms with E-state index < -0.39 is 54.4 Å². The first-order valence-electron chi connectivity index (χ1n) is 11.1. The fourth-order valence-corrected chi connectivity index (χ4v) is 3.62. The van der Waals surface area contributed by atoms with Crippen molar-refractivity contribution in [1.29, 1.82) is 5.41 Å². The Morgan fingerprint density at radius 1 is 1.10 bits per heavy atom. The van der Waals surface area contributed by atoms with E-state index in [9.17, 15) is 36.7 Å². The first-order valence-corrected chi connectivity index (χ1v) is 11.9. The predicted octanol–water partition coefficient (Wildman–Crippen LogP) is 2.87. The molecular weight excluding hydrogens is 584 g/mol. The number of nitrogen functional groups attached to an aromatic ring is 1. The molecule has 1 atom stereocenters. The number of esters is 1. The van der Waals surface area contributed by atoms with Gasteiger partial charge in [0, 0.05) is 16.5 Å². The number of rotatable bonds is 10. The molecule has 0 aliphatic heterocycles. The summed E-state index contributed by atoms with van der Waals surface area (Å²) in [6, 6.07) is 3.71. The molecule has 0 radical (unpaired) electrons. The molecule has 1 aromatic carbocycles. The summed E-state index contributed by atoms with van der Waals surface area (Å²) < 4.78 is 50.9. The molecule has 41 heavy (non-hydrogen) atoms. The van der Waals surface area contributed by atoms with Crippen LogP contribution >= 0.6 is 11.3 Å². The average Bonchev–Trinajstić information content (AvgIpc) is 3.31. The number of hydrogen-bond donors (Lipinski definition) is 6. The number of benzene rings is 1. The van der Waals surface area contributed by atoms with Gasteiger partial charge in [0.05, 0.1) is 13.0 Å². The maximum Gasteiger partial charge on any atom is 0.490 e. The number of alkyl halides is 3. The zero-order valence-corrected chi connectivity index (χ0v) is 22.0. The number of amides is 2. The minimum atomic E-state index is -5.08. The quantitative estimate of drug-likeness (QED) is 0.0761. The van der Waals surface area contributed by atoms with Crippen LogP contribution in [0.3, 0.4) is 0 Å². The lowest BCUT2D eigenvalue weighted by molar-refractivity contribution is -0.192. The number of urea groups is 1. The summed E-state index contributed by atoms with van der Waals surface area (Å²) in [4.78, 5) is 57.9. The topological polar surface area (TPSA) is 220 Å². The molecule has 7 N–H and O–H groups in total. The number of nitrogens with zero attached hydrogens (tertiary/aromatic N) is 1. The fraction of sp³-hybridized carbons (Fsp3) is 0.304. The van der Waals surface area contributed by atoms with Gasteiger partial charge in [0.2, 0.25) is 0 Å². The molecule has 0 bridgehead atoms. The van der Waals surface area contributed by atoms with E-state index in [-0.39, 0.29) is 34.6 Å². The molecule has 1 aromatic heterocycles. The van der Waals surface area contributed by atoms with E-state index in [4.69, 9.17) is 36.0 Å². The molecular formula is C23H24F4N4O9S. The molecule has 2 rings (SSSR count). The molecule has 13 nitrogen and oxygen atoms in total. The van der Waals surface area contributed by atoms with Gasteiger partial charge in [0.1, 0.15) is 16.8 Å². The Kier molecular flexibility index (Phi) is 12.2. The number of carbonyl (C=O) groups excluding carboxylic acids is 2. The van der Waals surface area contributed by atoms with Crippen molar-refractivity contribution in [2.75, 3.05) is 0 Å². The zero-order valence-electron chi connectivity index (χ0n) is 21.2. The van der Waals surface area contributed by atoms with Crippen LogP contribution in [0.15, 0.2) is 30.3 Å². The van der Waals surface area contributed by atoms with Crippen LogP contribution in [-0.2, 0) is 20.9 Å². The number of hydrogen-bond acceptors (Lipinski definition) is 8. The zero-order chi connectivity index (χ0) is 31.7. The average molecular weight is 609 g/mol. The van der Waals surface area contributed by atoms with Crippen LogP contribution in [0.2, 0.25) is 0 Å². The molecule has 224 valence electrons. The summed E-state index contributed by atoms with van der Waals surface area (Å²) in [5, 5.41) is 34.6. The van der Waals surface area contributed by atoms with Gasteiger partial charge in [-0.2, -0.15) is 13.2 Å². The number of carbonyl (C=O) groups is 5. The van der Waals surface area contributed by atoms with Gasteiger partial charge in [0.15, 0.2) is 11.6 Å². The van der Waals surface area contributed by atoms with E-state index in [1.165, 1.54) is 23.1 Å². The van der Waals surface area contributed by atoms with Crippen molar-refractivity contribution in [3.8, 4) is 5.75 Å². The van der Waals surface area contributed by atoms with Crippen molar-refractivity contribution in [3.05, 3.63) is 51.5 Å². The third-order valence-corrected chi connectivity index (χ3v) is 5.79. The van der Waals surface area contributed by atoms with E-state index in [2.05, 4.69) is 5.32 Å². The normalized spacial score (nSPS) is 11.5. The second-order valence-electron chi connectivity index (χ2n) is 8.18. The van der Waals surface area contributed by atoms with E-state index in [0.717, 1.165) is 17.4 Å². The van der Waals surface area contributed by atoms with Crippen LogP contribution in [-0.4, -0.2) is 74.2 Å². The Balaban J connectivity index is 0.00000106. The lowest BCUT2D eigenvalue weighted by Crippen LogP contribution is -2.50. The number of nitrogens with one attached hydrogen (secondary N) is 2. The molecule has 2 aromatic rings. The van der Waals surface area contributed by atoms with Crippen LogP contribution < -0.4 is 15.8 Å². The first-order chi connectivity index (χ1) is 18.8. The second-order valence-corrected chi connectivity index (χ2v) is 9.35. The smallest absolute Gasteiger partial charge is 0.481 e. The lowest BCUT2D eigenvalue weighted by Gasteiger charge is -2.27. The highest BCUT2D eigenvalue weighted by molar-refractivity contribution is 7.13. The molecule has 1 heterocycles. The second kappa shape index (κ2) is 14.6. The summed E-state index contributed by atoms with van der Waals surface area (Å²) >= 11 is 0.990. The first kappa shape index (κ1) is 34.3. The predicted molar refractivity (Wildman–Crippen MR) is 133 cm³/mol. The van der Waals surface area contributed by atoms with Gasteiger partial charge in [-0.3, -0.25) is 10.2 Å². The van der Waals surface area contributed by atoms with Gasteiger partial charge in [0.25, 0.3) is 0 Å². The van der Waals surface area contributed by atoms with Gasteiger partial charge in [-0.25, -0.2) is 23.6 Å².